The minimum atomic E-state index is 0.0344. The number of hydrogen-bond donors (Lipinski definition) is 0. The van der Waals surface area contributed by atoms with E-state index in [-0.39, 0.29) is 5.78 Å². The molecule has 2 aromatic rings. The molecule has 3 rings (SSSR count). The Morgan fingerprint density at radius 1 is 0.762 bits per heavy atom. The van der Waals surface area contributed by atoms with E-state index >= 15 is 0 Å². The van der Waals surface area contributed by atoms with E-state index in [2.05, 4.69) is 24.3 Å². The van der Waals surface area contributed by atoms with Crippen LogP contribution in [0.4, 0.5) is 0 Å². The molecule has 0 bridgehead atoms. The molecule has 1 heteroatoms. The van der Waals surface area contributed by atoms with Crippen LogP contribution in [0.25, 0.3) is 17.2 Å². The molecule has 0 aliphatic heterocycles. The van der Waals surface area contributed by atoms with Gasteiger partial charge >= 0.3 is 0 Å². The van der Waals surface area contributed by atoms with Crippen LogP contribution < -0.4 is 0 Å². The zero-order valence-corrected chi connectivity index (χ0v) is 11.6. The molecule has 0 unspecified atom stereocenters. The van der Waals surface area contributed by atoms with E-state index in [4.69, 9.17) is 0 Å². The minimum absolute atomic E-state index is 0.0344. The van der Waals surface area contributed by atoms with Crippen LogP contribution in [-0.2, 0) is 4.79 Å². The Kier molecular flexibility index (Phi) is 4.30. The Hall–Kier alpha value is -2.15. The Morgan fingerprint density at radius 3 is 2.05 bits per heavy atom. The van der Waals surface area contributed by atoms with Crippen molar-refractivity contribution < 1.29 is 4.79 Å². The number of rotatable bonds is 4. The molecule has 1 saturated carbocycles. The average molecular weight is 271 g/mol. The van der Waals surface area contributed by atoms with E-state index in [9.17, 15) is 4.79 Å². The predicted octanol–water partition coefficient (Wildman–Crippen LogP) is 4.34. The summed E-state index contributed by atoms with van der Waals surface area (Å²) in [4.78, 5) is 11.9. The van der Waals surface area contributed by atoms with Crippen LogP contribution >= 0.6 is 0 Å². The SMILES string of the molecule is O=C(/C=C/c1ccc(-c2ccccc2)cc1)[C]1[CH][CH][CH][CH]1. The predicted molar refractivity (Wildman–Crippen MR) is 86.4 cm³/mol. The number of hydrogen-bond acceptors (Lipinski definition) is 1. The van der Waals surface area contributed by atoms with Crippen LogP contribution in [0.1, 0.15) is 5.56 Å². The number of allylic oxidation sites excluding steroid dienone is 1. The summed E-state index contributed by atoms with van der Waals surface area (Å²) in [5.41, 5.74) is 3.39. The van der Waals surface area contributed by atoms with Crippen molar-refractivity contribution in [2.45, 2.75) is 0 Å². The zero-order chi connectivity index (χ0) is 14.5. The lowest BCUT2D eigenvalue weighted by atomic mass is 10.0. The van der Waals surface area contributed by atoms with E-state index in [1.807, 2.05) is 62.1 Å². The third-order valence-electron chi connectivity index (χ3n) is 3.39. The molecule has 0 spiro atoms. The van der Waals surface area contributed by atoms with Gasteiger partial charge in [-0.3, -0.25) is 4.79 Å². The van der Waals surface area contributed by atoms with Crippen molar-refractivity contribution in [3.63, 3.8) is 0 Å². The van der Waals surface area contributed by atoms with Crippen LogP contribution in [0.15, 0.2) is 60.7 Å². The molecule has 101 valence electrons. The van der Waals surface area contributed by atoms with E-state index in [1.165, 1.54) is 11.1 Å². The van der Waals surface area contributed by atoms with E-state index < -0.39 is 0 Å². The van der Waals surface area contributed by atoms with Gasteiger partial charge in [0.2, 0.25) is 0 Å². The van der Waals surface area contributed by atoms with Crippen molar-refractivity contribution >= 4 is 11.9 Å². The van der Waals surface area contributed by atoms with Crippen LogP contribution in [0.3, 0.4) is 0 Å². The topological polar surface area (TPSA) is 17.1 Å². The van der Waals surface area contributed by atoms with Crippen molar-refractivity contribution in [1.29, 1.82) is 0 Å². The van der Waals surface area contributed by atoms with Gasteiger partial charge in [-0.1, -0.05) is 60.7 Å². The molecular formula is C20H15O. The largest absolute Gasteiger partial charge is 0.294 e. The molecule has 0 saturated heterocycles. The Morgan fingerprint density at radius 2 is 1.38 bits per heavy atom. The molecule has 1 fully saturated rings. The van der Waals surface area contributed by atoms with Gasteiger partial charge in [-0.25, -0.2) is 0 Å². The molecule has 1 aliphatic carbocycles. The number of carbonyl (C=O) groups is 1. The molecule has 0 amide bonds. The molecule has 1 nitrogen and oxygen atoms in total. The molecule has 5 radical (unpaired) electrons. The fraction of sp³-hybridized carbons (Fsp3) is 0. The number of carbonyl (C=O) groups excluding carboxylic acids is 1. The standard InChI is InChI=1S/C20H15O/c21-20(19-8-4-5-9-19)15-12-16-10-13-18(14-11-16)17-6-2-1-3-7-17/h1-15H/b15-12+. The lowest BCUT2D eigenvalue weighted by molar-refractivity contribution is -0.112. The first-order chi connectivity index (χ1) is 10.3. The summed E-state index contributed by atoms with van der Waals surface area (Å²) < 4.78 is 0. The van der Waals surface area contributed by atoms with Gasteiger partial charge in [0.25, 0.3) is 0 Å². The van der Waals surface area contributed by atoms with Crippen molar-refractivity contribution in [2.75, 3.05) is 0 Å². The second-order valence-corrected chi connectivity index (χ2v) is 4.86. The number of ketones is 1. The van der Waals surface area contributed by atoms with Gasteiger partial charge in [0.15, 0.2) is 5.78 Å². The minimum Gasteiger partial charge on any atom is -0.294 e. The summed E-state index contributed by atoms with van der Waals surface area (Å²) in [5, 5.41) is 0. The second kappa shape index (κ2) is 6.53. The van der Waals surface area contributed by atoms with Crippen molar-refractivity contribution in [3.8, 4) is 11.1 Å². The second-order valence-electron chi connectivity index (χ2n) is 4.86. The van der Waals surface area contributed by atoms with Gasteiger partial charge in [-0.2, -0.15) is 0 Å². The van der Waals surface area contributed by atoms with Crippen molar-refractivity contribution in [3.05, 3.63) is 97.8 Å². The van der Waals surface area contributed by atoms with Gasteiger partial charge in [-0.15, -0.1) is 0 Å². The lowest BCUT2D eigenvalue weighted by Crippen LogP contribution is -2.05. The first kappa shape index (κ1) is 13.8. The first-order valence-corrected chi connectivity index (χ1v) is 6.92. The maximum absolute atomic E-state index is 11.9. The monoisotopic (exact) mass is 271 g/mol. The van der Waals surface area contributed by atoms with Crippen LogP contribution in [0.2, 0.25) is 0 Å². The summed E-state index contributed by atoms with van der Waals surface area (Å²) in [6, 6.07) is 18.4. The highest BCUT2D eigenvalue weighted by Crippen LogP contribution is 2.24. The van der Waals surface area contributed by atoms with Gasteiger partial charge < -0.3 is 0 Å². The van der Waals surface area contributed by atoms with Crippen LogP contribution in [0, 0.1) is 31.6 Å². The summed E-state index contributed by atoms with van der Waals surface area (Å²) in [5.74, 6) is 0.763. The third-order valence-corrected chi connectivity index (χ3v) is 3.39. The van der Waals surface area contributed by atoms with Crippen LogP contribution in [0.5, 0.6) is 0 Å². The zero-order valence-electron chi connectivity index (χ0n) is 11.6. The summed E-state index contributed by atoms with van der Waals surface area (Å²) in [6.45, 7) is 0. The molecule has 1 aliphatic rings. The molecule has 0 N–H and O–H groups in total. The van der Waals surface area contributed by atoms with Gasteiger partial charge in [0, 0.05) is 0 Å². The molecule has 0 heterocycles. The van der Waals surface area contributed by atoms with Crippen molar-refractivity contribution in [1.82, 2.24) is 0 Å². The molecule has 0 aromatic heterocycles. The summed E-state index contributed by atoms with van der Waals surface area (Å²) >= 11 is 0. The lowest BCUT2D eigenvalue weighted by Gasteiger charge is -2.03. The third kappa shape index (κ3) is 3.49. The first-order valence-electron chi connectivity index (χ1n) is 6.92. The molecular weight excluding hydrogens is 256 g/mol. The fourth-order valence-electron chi connectivity index (χ4n) is 2.22. The van der Waals surface area contributed by atoms with Gasteiger partial charge in [-0.05, 0) is 48.4 Å². The Balaban J connectivity index is 1.68. The molecule has 21 heavy (non-hydrogen) atoms. The normalized spacial score (nSPS) is 15.6. The summed E-state index contributed by atoms with van der Waals surface area (Å²) in [7, 11) is 0. The number of benzene rings is 2. The van der Waals surface area contributed by atoms with Gasteiger partial charge in [0.1, 0.15) is 0 Å². The van der Waals surface area contributed by atoms with E-state index in [1.54, 1.807) is 6.08 Å². The Labute approximate surface area is 126 Å². The van der Waals surface area contributed by atoms with E-state index in [0.29, 0.717) is 0 Å². The summed E-state index contributed by atoms with van der Waals surface area (Å²) in [6.07, 6.45) is 10.9. The van der Waals surface area contributed by atoms with Crippen molar-refractivity contribution in [2.24, 2.45) is 0 Å². The maximum atomic E-state index is 11.9. The highest BCUT2D eigenvalue weighted by atomic mass is 16.1. The highest BCUT2D eigenvalue weighted by Gasteiger charge is 2.22. The average Bonchev–Trinajstić information content (AvgIpc) is 3.08. The fourth-order valence-corrected chi connectivity index (χ4v) is 2.22. The molecule has 2 aromatic carbocycles. The maximum Gasteiger partial charge on any atom is 0.163 e. The quantitative estimate of drug-likeness (QED) is 0.756. The smallest absolute Gasteiger partial charge is 0.163 e. The van der Waals surface area contributed by atoms with Gasteiger partial charge in [0.05, 0.1) is 5.92 Å². The van der Waals surface area contributed by atoms with E-state index in [0.717, 1.165) is 11.5 Å². The van der Waals surface area contributed by atoms with Crippen LogP contribution in [-0.4, -0.2) is 5.78 Å². The highest BCUT2D eigenvalue weighted by molar-refractivity contribution is 6.07. The Bertz CT molecular complexity index is 617. The molecule has 0 atom stereocenters.